The standard InChI is InChI=1S/C26H38O2Si/c1-8-26(27)16-14-23-22-11-9-18-17-19(28-29(6,7)24(2,3)4)10-12-20(18)21(22)13-15-25(23,26)5/h1,10,12,17,21-23,27H,9,11,13-16H2,2-7H3/t21-,22-,23+,25+,26+/m1/s1. The number of benzene rings is 1. The summed E-state index contributed by atoms with van der Waals surface area (Å²) in [6, 6.07) is 6.88. The van der Waals surface area contributed by atoms with E-state index in [1.807, 2.05) is 0 Å². The average Bonchev–Trinajstić information content (AvgIpc) is 2.92. The first-order valence-electron chi connectivity index (χ1n) is 11.4. The zero-order valence-corrected chi connectivity index (χ0v) is 20.1. The number of aryl methyl sites for hydroxylation is 1. The topological polar surface area (TPSA) is 29.5 Å². The van der Waals surface area contributed by atoms with Crippen molar-refractivity contribution in [1.82, 2.24) is 0 Å². The Kier molecular flexibility index (Phi) is 4.80. The normalized spacial score (nSPS) is 36.6. The summed E-state index contributed by atoms with van der Waals surface area (Å²) < 4.78 is 6.58. The van der Waals surface area contributed by atoms with Gasteiger partial charge < -0.3 is 9.53 Å². The van der Waals surface area contributed by atoms with E-state index in [0.29, 0.717) is 17.8 Å². The van der Waals surface area contributed by atoms with Crippen LogP contribution in [0.25, 0.3) is 0 Å². The summed E-state index contributed by atoms with van der Waals surface area (Å²) in [6.45, 7) is 13.8. The Morgan fingerprint density at radius 2 is 1.90 bits per heavy atom. The number of hydrogen-bond donors (Lipinski definition) is 1. The van der Waals surface area contributed by atoms with Crippen molar-refractivity contribution in [3.63, 3.8) is 0 Å². The second-order valence-electron chi connectivity index (χ2n) is 11.6. The molecule has 0 radical (unpaired) electrons. The van der Waals surface area contributed by atoms with Crippen LogP contribution >= 0.6 is 0 Å². The van der Waals surface area contributed by atoms with E-state index in [0.717, 1.165) is 37.9 Å². The summed E-state index contributed by atoms with van der Waals surface area (Å²) in [5, 5.41) is 11.3. The molecule has 1 N–H and O–H groups in total. The minimum atomic E-state index is -1.82. The van der Waals surface area contributed by atoms with Gasteiger partial charge in [0.1, 0.15) is 11.4 Å². The fourth-order valence-corrected chi connectivity index (χ4v) is 7.35. The van der Waals surface area contributed by atoms with Crippen LogP contribution in [0.15, 0.2) is 18.2 Å². The number of fused-ring (bicyclic) bond motifs is 5. The van der Waals surface area contributed by atoms with Crippen molar-refractivity contribution in [2.24, 2.45) is 17.3 Å². The van der Waals surface area contributed by atoms with Gasteiger partial charge in [0.25, 0.3) is 0 Å². The highest BCUT2D eigenvalue weighted by Crippen LogP contribution is 2.64. The third-order valence-corrected chi connectivity index (χ3v) is 13.6. The summed E-state index contributed by atoms with van der Waals surface area (Å²) >= 11 is 0. The molecule has 3 heteroatoms. The Bertz CT molecular complexity index is 845. The SMILES string of the molecule is C#C[C@]1(O)CC[C@H]2[C@@H]3CCc4cc(O[Si](C)(C)C(C)(C)C)ccc4[C@H]3CC[C@@]21C. The Morgan fingerprint density at radius 3 is 2.55 bits per heavy atom. The lowest BCUT2D eigenvalue weighted by Gasteiger charge is -2.52. The van der Waals surface area contributed by atoms with Crippen molar-refractivity contribution in [3.05, 3.63) is 29.3 Å². The first-order valence-corrected chi connectivity index (χ1v) is 14.3. The van der Waals surface area contributed by atoms with Gasteiger partial charge in [0.2, 0.25) is 8.32 Å². The van der Waals surface area contributed by atoms with Crippen molar-refractivity contribution in [3.8, 4) is 18.1 Å². The van der Waals surface area contributed by atoms with Gasteiger partial charge in [-0.3, -0.25) is 0 Å². The van der Waals surface area contributed by atoms with E-state index in [-0.39, 0.29) is 10.5 Å². The smallest absolute Gasteiger partial charge is 0.250 e. The van der Waals surface area contributed by atoms with E-state index < -0.39 is 13.9 Å². The van der Waals surface area contributed by atoms with Gasteiger partial charge in [0, 0.05) is 5.41 Å². The van der Waals surface area contributed by atoms with Gasteiger partial charge >= 0.3 is 0 Å². The van der Waals surface area contributed by atoms with Gasteiger partial charge in [-0.25, -0.2) is 0 Å². The largest absolute Gasteiger partial charge is 0.543 e. The second-order valence-corrected chi connectivity index (χ2v) is 16.4. The van der Waals surface area contributed by atoms with Crippen LogP contribution in [0.4, 0.5) is 0 Å². The van der Waals surface area contributed by atoms with Crippen molar-refractivity contribution in [2.75, 3.05) is 0 Å². The molecule has 0 spiro atoms. The lowest BCUT2D eigenvalue weighted by Crippen LogP contribution is -2.50. The molecule has 0 aliphatic heterocycles. The van der Waals surface area contributed by atoms with Gasteiger partial charge in [0.05, 0.1) is 0 Å². The Balaban J connectivity index is 1.60. The molecule has 0 heterocycles. The van der Waals surface area contributed by atoms with Crippen LogP contribution in [0.1, 0.15) is 76.8 Å². The molecule has 5 atom stereocenters. The summed E-state index contributed by atoms with van der Waals surface area (Å²) in [4.78, 5) is 0. The molecule has 4 rings (SSSR count). The monoisotopic (exact) mass is 410 g/mol. The highest BCUT2D eigenvalue weighted by molar-refractivity contribution is 6.74. The Hall–Kier alpha value is -1.24. The number of aliphatic hydroxyl groups is 1. The summed E-state index contributed by atoms with van der Waals surface area (Å²) in [6.07, 6.45) is 12.1. The molecule has 0 saturated heterocycles. The lowest BCUT2D eigenvalue weighted by molar-refractivity contribution is -0.0646. The molecule has 0 unspecified atom stereocenters. The molecule has 29 heavy (non-hydrogen) atoms. The fraction of sp³-hybridized carbons (Fsp3) is 0.692. The molecule has 1 aromatic carbocycles. The molecule has 0 amide bonds. The lowest BCUT2D eigenvalue weighted by atomic mass is 9.53. The molecule has 0 aromatic heterocycles. The van der Waals surface area contributed by atoms with Crippen LogP contribution in [0.3, 0.4) is 0 Å². The van der Waals surface area contributed by atoms with Crippen LogP contribution in [-0.4, -0.2) is 19.0 Å². The summed E-state index contributed by atoms with van der Waals surface area (Å²) in [5.74, 6) is 5.63. The van der Waals surface area contributed by atoms with Crippen molar-refractivity contribution in [1.29, 1.82) is 0 Å². The maximum absolute atomic E-state index is 11.1. The van der Waals surface area contributed by atoms with E-state index in [9.17, 15) is 5.11 Å². The Labute approximate surface area is 178 Å². The van der Waals surface area contributed by atoms with Gasteiger partial charge in [-0.05, 0) is 97.7 Å². The molecule has 2 nitrogen and oxygen atoms in total. The highest BCUT2D eigenvalue weighted by atomic mass is 28.4. The van der Waals surface area contributed by atoms with Crippen LogP contribution in [0, 0.1) is 29.6 Å². The molecule has 158 valence electrons. The summed E-state index contributed by atoms with van der Waals surface area (Å²) in [5.41, 5.74) is 1.98. The zero-order chi connectivity index (χ0) is 21.2. The fourth-order valence-electron chi connectivity index (χ4n) is 6.32. The minimum absolute atomic E-state index is 0.119. The van der Waals surface area contributed by atoms with E-state index in [2.05, 4.69) is 64.9 Å². The van der Waals surface area contributed by atoms with Crippen molar-refractivity contribution < 1.29 is 9.53 Å². The van der Waals surface area contributed by atoms with E-state index in [1.165, 1.54) is 17.5 Å². The third-order valence-electron chi connectivity index (χ3n) is 9.27. The quantitative estimate of drug-likeness (QED) is 0.458. The number of terminal acetylenes is 1. The molecular weight excluding hydrogens is 372 g/mol. The minimum Gasteiger partial charge on any atom is -0.543 e. The van der Waals surface area contributed by atoms with Crippen LogP contribution in [0.5, 0.6) is 5.75 Å². The van der Waals surface area contributed by atoms with Gasteiger partial charge in [-0.1, -0.05) is 39.7 Å². The highest BCUT2D eigenvalue weighted by Gasteiger charge is 2.61. The van der Waals surface area contributed by atoms with Crippen LogP contribution in [-0.2, 0) is 6.42 Å². The summed E-state index contributed by atoms with van der Waals surface area (Å²) in [7, 11) is -1.82. The van der Waals surface area contributed by atoms with Crippen molar-refractivity contribution >= 4 is 8.32 Å². The molecule has 3 aliphatic rings. The van der Waals surface area contributed by atoms with Crippen molar-refractivity contribution in [2.45, 2.75) is 95.9 Å². The maximum Gasteiger partial charge on any atom is 0.250 e. The Morgan fingerprint density at radius 1 is 1.17 bits per heavy atom. The molecule has 3 aliphatic carbocycles. The van der Waals surface area contributed by atoms with Gasteiger partial charge in [0.15, 0.2) is 0 Å². The molecular formula is C26H38O2Si. The maximum atomic E-state index is 11.1. The van der Waals surface area contributed by atoms with Crippen LogP contribution in [0.2, 0.25) is 18.1 Å². The van der Waals surface area contributed by atoms with Gasteiger partial charge in [-0.2, -0.15) is 0 Å². The van der Waals surface area contributed by atoms with Gasteiger partial charge in [-0.15, -0.1) is 6.42 Å². The first-order chi connectivity index (χ1) is 13.4. The zero-order valence-electron chi connectivity index (χ0n) is 19.1. The predicted octanol–water partition coefficient (Wildman–Crippen LogP) is 6.29. The number of rotatable bonds is 2. The van der Waals surface area contributed by atoms with E-state index >= 15 is 0 Å². The second kappa shape index (κ2) is 6.63. The number of hydrogen-bond acceptors (Lipinski definition) is 2. The molecule has 2 fully saturated rings. The first kappa shape index (κ1) is 21.0. The third kappa shape index (κ3) is 3.10. The van der Waals surface area contributed by atoms with E-state index in [4.69, 9.17) is 10.8 Å². The van der Waals surface area contributed by atoms with E-state index in [1.54, 1.807) is 0 Å². The molecule has 1 aromatic rings. The molecule has 0 bridgehead atoms. The average molecular weight is 411 g/mol. The predicted molar refractivity (Wildman–Crippen MR) is 123 cm³/mol. The van der Waals surface area contributed by atoms with Crippen LogP contribution < -0.4 is 4.43 Å². The molecule has 2 saturated carbocycles.